The molecule has 1 N–H and O–H groups in total. The molecule has 2 saturated carbocycles. The van der Waals surface area contributed by atoms with E-state index in [1.165, 1.54) is 6.08 Å². The summed E-state index contributed by atoms with van der Waals surface area (Å²) in [6.07, 6.45) is 0.635. The smallest absolute Gasteiger partial charge is 0.412 e. The fraction of sp³-hybridized carbons (Fsp3) is 0.786. The summed E-state index contributed by atoms with van der Waals surface area (Å²) in [4.78, 5) is 27.3. The summed E-state index contributed by atoms with van der Waals surface area (Å²) in [7, 11) is 0. The molecule has 1 unspecified atom stereocenters. The fourth-order valence-electron chi connectivity index (χ4n) is 8.59. The van der Waals surface area contributed by atoms with Gasteiger partial charge < -0.3 is 10.0 Å². The third-order valence-corrected chi connectivity index (χ3v) is 10.2. The van der Waals surface area contributed by atoms with Crippen LogP contribution in [0.5, 0.6) is 0 Å². The normalized spacial score (nSPS) is 37.1. The van der Waals surface area contributed by atoms with Crippen LogP contribution in [-0.2, 0) is 9.59 Å². The molecule has 7 heteroatoms. The molecule has 0 aromatic carbocycles. The van der Waals surface area contributed by atoms with Crippen LogP contribution < -0.4 is 0 Å². The minimum absolute atomic E-state index is 0.0666. The highest BCUT2D eigenvalue weighted by atomic mass is 19.4. The van der Waals surface area contributed by atoms with Crippen molar-refractivity contribution in [3.63, 3.8) is 0 Å². The van der Waals surface area contributed by atoms with Crippen molar-refractivity contribution in [3.05, 3.63) is 22.8 Å². The summed E-state index contributed by atoms with van der Waals surface area (Å²) in [6.45, 7) is 12.2. The molecule has 4 rings (SSSR count). The number of hydrogen-bond acceptors (Lipinski definition) is 2. The molecule has 6 atom stereocenters. The summed E-state index contributed by atoms with van der Waals surface area (Å²) in [5.41, 5.74) is -1.24. The molecule has 0 aromatic heterocycles. The highest BCUT2D eigenvalue weighted by Crippen LogP contribution is 2.68. The Labute approximate surface area is 207 Å². The molecule has 0 aromatic rings. The molecular weight excluding hydrogens is 455 g/mol. The van der Waals surface area contributed by atoms with Crippen LogP contribution in [0.2, 0.25) is 0 Å². The van der Waals surface area contributed by atoms with Crippen molar-refractivity contribution in [3.8, 4) is 0 Å². The molecule has 4 aliphatic carbocycles. The Kier molecular flexibility index (Phi) is 6.50. The van der Waals surface area contributed by atoms with Crippen LogP contribution >= 0.6 is 0 Å². The predicted molar refractivity (Wildman–Crippen MR) is 128 cm³/mol. The topological polar surface area (TPSA) is 57.6 Å². The summed E-state index contributed by atoms with van der Waals surface area (Å²) < 4.78 is 43.2. The lowest BCUT2D eigenvalue weighted by atomic mass is 9.46. The van der Waals surface area contributed by atoms with E-state index >= 15 is 0 Å². The van der Waals surface area contributed by atoms with E-state index < -0.39 is 23.1 Å². The third kappa shape index (κ3) is 4.05. The van der Waals surface area contributed by atoms with Crippen LogP contribution in [0.3, 0.4) is 0 Å². The Morgan fingerprint density at radius 3 is 2.20 bits per heavy atom. The van der Waals surface area contributed by atoms with E-state index in [1.807, 2.05) is 39.5 Å². The van der Waals surface area contributed by atoms with Crippen LogP contribution in [0.15, 0.2) is 22.8 Å². The maximum Gasteiger partial charge on any atom is 0.412 e. The molecule has 0 radical (unpaired) electrons. The van der Waals surface area contributed by atoms with Gasteiger partial charge in [-0.1, -0.05) is 13.8 Å². The van der Waals surface area contributed by atoms with E-state index in [-0.39, 0.29) is 64.6 Å². The second kappa shape index (κ2) is 8.65. The second-order valence-electron chi connectivity index (χ2n) is 12.5. The lowest BCUT2D eigenvalue weighted by molar-refractivity contribution is -0.147. The van der Waals surface area contributed by atoms with Crippen LogP contribution in [0.1, 0.15) is 86.5 Å². The van der Waals surface area contributed by atoms with Crippen molar-refractivity contribution >= 4 is 11.9 Å². The van der Waals surface area contributed by atoms with Crippen LogP contribution in [-0.4, -0.2) is 40.1 Å². The SMILES string of the molecule is CC(C)N(C(=O)C1CC[C@H]2[C@@H]3CC(C(F)(F)F)=C4C=C(C(=O)O)CC[C@]4(C)[C@@H]3CC[C@]12C)C(C)C. The molecule has 0 saturated heterocycles. The number of hydrogen-bond donors (Lipinski definition) is 1. The van der Waals surface area contributed by atoms with E-state index in [0.717, 1.165) is 25.7 Å². The standard InChI is InChI=1S/C28H40F3NO3/c1-15(2)32(16(3)4)24(33)21-8-7-19-18-14-23(28(29,30)31)22-13-17(25(34)35)9-11-27(22,6)20(18)10-12-26(19,21)5/h13,15-16,18-21H,7-12,14H2,1-6H3,(H,34,35)/t18-,19-,20+,21?,26-,27+/m0/s1. The van der Waals surface area contributed by atoms with Gasteiger partial charge in [0, 0.05) is 29.1 Å². The lowest BCUT2D eigenvalue weighted by Gasteiger charge is -2.58. The number of allylic oxidation sites excluding steroid dienone is 3. The van der Waals surface area contributed by atoms with Gasteiger partial charge in [0.15, 0.2) is 0 Å². The number of nitrogens with zero attached hydrogens (tertiary/aromatic N) is 1. The molecule has 0 spiro atoms. The highest BCUT2D eigenvalue weighted by Gasteiger charge is 2.62. The first-order valence-electron chi connectivity index (χ1n) is 13.2. The number of rotatable bonds is 4. The number of amides is 1. The van der Waals surface area contributed by atoms with Gasteiger partial charge in [-0.25, -0.2) is 4.79 Å². The van der Waals surface area contributed by atoms with Gasteiger partial charge in [-0.05, 0) is 113 Å². The Morgan fingerprint density at radius 2 is 1.66 bits per heavy atom. The number of halogens is 3. The minimum Gasteiger partial charge on any atom is -0.478 e. The highest BCUT2D eigenvalue weighted by molar-refractivity contribution is 5.88. The average molecular weight is 496 g/mol. The number of carboxylic acid groups (broad SMARTS) is 1. The monoisotopic (exact) mass is 495 g/mol. The summed E-state index contributed by atoms with van der Waals surface area (Å²) in [5, 5.41) is 9.49. The first-order valence-corrected chi connectivity index (χ1v) is 13.2. The van der Waals surface area contributed by atoms with Gasteiger partial charge in [0.1, 0.15) is 0 Å². The number of fused-ring (bicyclic) bond motifs is 5. The summed E-state index contributed by atoms with van der Waals surface area (Å²) in [6, 6.07) is 0.157. The third-order valence-electron chi connectivity index (χ3n) is 10.2. The van der Waals surface area contributed by atoms with Crippen LogP contribution in [0.4, 0.5) is 13.2 Å². The van der Waals surface area contributed by atoms with Crippen molar-refractivity contribution < 1.29 is 27.9 Å². The number of aliphatic carboxylic acids is 1. The van der Waals surface area contributed by atoms with Crippen molar-refractivity contribution in [1.82, 2.24) is 4.90 Å². The minimum atomic E-state index is -4.49. The maximum absolute atomic E-state index is 14.4. The Hall–Kier alpha value is -1.79. The molecule has 0 heterocycles. The van der Waals surface area contributed by atoms with E-state index in [0.29, 0.717) is 12.8 Å². The Morgan fingerprint density at radius 1 is 1.03 bits per heavy atom. The van der Waals surface area contributed by atoms with Crippen molar-refractivity contribution in [1.29, 1.82) is 0 Å². The number of alkyl halides is 3. The molecular formula is C28H40F3NO3. The number of carbonyl (C=O) groups excluding carboxylic acids is 1. The zero-order chi connectivity index (χ0) is 26.1. The first-order chi connectivity index (χ1) is 16.1. The lowest BCUT2D eigenvalue weighted by Crippen LogP contribution is -2.54. The quantitative estimate of drug-likeness (QED) is 0.469. The van der Waals surface area contributed by atoms with Gasteiger partial charge in [0.05, 0.1) is 0 Å². The average Bonchev–Trinajstić information content (AvgIpc) is 3.08. The molecule has 35 heavy (non-hydrogen) atoms. The molecule has 1 amide bonds. The van der Waals surface area contributed by atoms with E-state index in [9.17, 15) is 27.9 Å². The van der Waals surface area contributed by atoms with Crippen molar-refractivity contribution in [2.75, 3.05) is 0 Å². The van der Waals surface area contributed by atoms with Gasteiger partial charge in [0.2, 0.25) is 5.91 Å². The van der Waals surface area contributed by atoms with Crippen molar-refractivity contribution in [2.45, 2.75) is 105 Å². The first kappa shape index (κ1) is 26.3. The molecule has 196 valence electrons. The second-order valence-corrected chi connectivity index (χ2v) is 12.5. The van der Waals surface area contributed by atoms with E-state index in [4.69, 9.17) is 0 Å². The zero-order valence-corrected chi connectivity index (χ0v) is 21.8. The zero-order valence-electron chi connectivity index (χ0n) is 21.8. The van der Waals surface area contributed by atoms with Crippen LogP contribution in [0.25, 0.3) is 0 Å². The van der Waals surface area contributed by atoms with Gasteiger partial charge in [-0.3, -0.25) is 4.79 Å². The summed E-state index contributed by atoms with van der Waals surface area (Å²) in [5.74, 6) is -1.12. The predicted octanol–water partition coefficient (Wildman–Crippen LogP) is 6.76. The fourth-order valence-corrected chi connectivity index (χ4v) is 8.59. The summed E-state index contributed by atoms with van der Waals surface area (Å²) >= 11 is 0. The molecule has 0 bridgehead atoms. The van der Waals surface area contributed by atoms with Crippen molar-refractivity contribution in [2.24, 2.45) is 34.5 Å². The molecule has 2 fully saturated rings. The number of carboxylic acids is 1. The van der Waals surface area contributed by atoms with Crippen LogP contribution in [0, 0.1) is 34.5 Å². The Bertz CT molecular complexity index is 957. The molecule has 0 aliphatic heterocycles. The van der Waals surface area contributed by atoms with Gasteiger partial charge in [0.25, 0.3) is 0 Å². The largest absolute Gasteiger partial charge is 0.478 e. The van der Waals surface area contributed by atoms with E-state index in [1.54, 1.807) is 0 Å². The number of carbonyl (C=O) groups is 2. The van der Waals surface area contributed by atoms with Gasteiger partial charge in [-0.2, -0.15) is 13.2 Å². The van der Waals surface area contributed by atoms with Gasteiger partial charge in [-0.15, -0.1) is 0 Å². The Balaban J connectivity index is 1.74. The van der Waals surface area contributed by atoms with Gasteiger partial charge >= 0.3 is 12.1 Å². The molecule has 4 nitrogen and oxygen atoms in total. The maximum atomic E-state index is 14.4. The molecule has 4 aliphatic rings. The van der Waals surface area contributed by atoms with E-state index in [2.05, 4.69) is 6.92 Å².